The summed E-state index contributed by atoms with van der Waals surface area (Å²) < 4.78 is 50.7. The van der Waals surface area contributed by atoms with Crippen molar-refractivity contribution in [1.29, 1.82) is 0 Å². The summed E-state index contributed by atoms with van der Waals surface area (Å²) in [6.07, 6.45) is -4.97. The second-order valence-electron chi connectivity index (χ2n) is 10.0. The molecule has 0 radical (unpaired) electrons. The number of aromatic amines is 1. The first-order valence-corrected chi connectivity index (χ1v) is 13.3. The Bertz CT molecular complexity index is 1320. The second kappa shape index (κ2) is 12.3. The number of hydrogen-bond acceptors (Lipinski definition) is 8. The number of rotatable bonds is 10. The average molecular weight is 562 g/mol. The van der Waals surface area contributed by atoms with Crippen LogP contribution in [-0.2, 0) is 4.74 Å². The van der Waals surface area contributed by atoms with Crippen LogP contribution in [0.5, 0.6) is 5.75 Å². The number of ether oxygens (including phenoxy) is 2. The molecule has 1 amide bonds. The molecule has 5 rings (SSSR count). The fraction of sp³-hybridized carbons (Fsp3) is 0.481. The van der Waals surface area contributed by atoms with Crippen molar-refractivity contribution in [3.63, 3.8) is 0 Å². The maximum Gasteiger partial charge on any atom is 0.277 e. The number of morpholine rings is 1. The van der Waals surface area contributed by atoms with Crippen molar-refractivity contribution in [3.05, 3.63) is 35.9 Å². The average Bonchev–Trinajstić information content (AvgIpc) is 3.35. The number of benzene rings is 2. The van der Waals surface area contributed by atoms with E-state index in [4.69, 9.17) is 20.9 Å². The van der Waals surface area contributed by atoms with Crippen molar-refractivity contribution in [2.45, 2.75) is 12.5 Å². The number of halogens is 3. The number of amides is 1. The molecular formula is C27H34F3N7O3. The molecule has 1 unspecified atom stereocenters. The molecule has 10 nitrogen and oxygen atoms in total. The van der Waals surface area contributed by atoms with Gasteiger partial charge in [0.15, 0.2) is 11.9 Å². The van der Waals surface area contributed by atoms with Crippen molar-refractivity contribution in [1.82, 2.24) is 20.0 Å². The number of piperazine rings is 1. The maximum atomic E-state index is 13.3. The third-order valence-corrected chi connectivity index (χ3v) is 7.51. The molecule has 2 fully saturated rings. The molecule has 2 aliphatic heterocycles. The zero-order chi connectivity index (χ0) is 28.2. The fourth-order valence-electron chi connectivity index (χ4n) is 5.22. The van der Waals surface area contributed by atoms with E-state index in [0.29, 0.717) is 46.4 Å². The van der Waals surface area contributed by atoms with Gasteiger partial charge in [-0.25, -0.2) is 13.2 Å². The Morgan fingerprint density at radius 2 is 1.73 bits per heavy atom. The molecule has 1 aromatic heterocycles. The molecule has 40 heavy (non-hydrogen) atoms. The Hall–Kier alpha value is -3.55. The van der Waals surface area contributed by atoms with Gasteiger partial charge in [-0.2, -0.15) is 5.10 Å². The number of nitrogens with two attached hydrogens (primary N) is 2. The highest BCUT2D eigenvalue weighted by molar-refractivity contribution is 6.01. The number of aromatic nitrogens is 2. The van der Waals surface area contributed by atoms with Gasteiger partial charge in [-0.15, -0.1) is 0 Å². The largest absolute Gasteiger partial charge is 0.481 e. The van der Waals surface area contributed by atoms with Crippen LogP contribution in [0.15, 0.2) is 30.3 Å². The van der Waals surface area contributed by atoms with Gasteiger partial charge in [-0.05, 0) is 35.4 Å². The minimum absolute atomic E-state index is 0.00360. The minimum atomic E-state index is -3.02. The van der Waals surface area contributed by atoms with E-state index in [9.17, 15) is 18.0 Å². The molecule has 2 aliphatic rings. The van der Waals surface area contributed by atoms with Gasteiger partial charge < -0.3 is 25.8 Å². The maximum absolute atomic E-state index is 13.3. The molecule has 216 valence electrons. The molecule has 2 saturated heterocycles. The van der Waals surface area contributed by atoms with E-state index in [2.05, 4.69) is 24.9 Å². The van der Waals surface area contributed by atoms with E-state index in [1.807, 2.05) is 6.07 Å². The van der Waals surface area contributed by atoms with Gasteiger partial charge in [-0.1, -0.05) is 6.07 Å². The fourth-order valence-corrected chi connectivity index (χ4v) is 5.22. The quantitative estimate of drug-likeness (QED) is 0.345. The smallest absolute Gasteiger partial charge is 0.277 e. The summed E-state index contributed by atoms with van der Waals surface area (Å²) in [5, 5.41) is 7.02. The van der Waals surface area contributed by atoms with Gasteiger partial charge in [-0.3, -0.25) is 19.7 Å². The Morgan fingerprint density at radius 1 is 1.02 bits per heavy atom. The first-order valence-electron chi connectivity index (χ1n) is 13.3. The molecule has 1 atom stereocenters. The summed E-state index contributed by atoms with van der Waals surface area (Å²) >= 11 is 0. The summed E-state index contributed by atoms with van der Waals surface area (Å²) in [5.74, 6) is -0.490. The highest BCUT2D eigenvalue weighted by atomic mass is 19.3. The van der Waals surface area contributed by atoms with E-state index in [1.165, 1.54) is 6.07 Å². The molecule has 0 aliphatic carbocycles. The number of primary amides is 1. The SMILES string of the molecule is NC(=O)c1ccc(-c2cc(OC(CF)C(F)F)c3c(N)n[nH]c3c2)cc1N1CCN(CCN2CCOCC2)CC1. The first kappa shape index (κ1) is 28.0. The number of alkyl halides is 3. The van der Waals surface area contributed by atoms with E-state index in [0.717, 1.165) is 52.5 Å². The van der Waals surface area contributed by atoms with Crippen LogP contribution in [0.2, 0.25) is 0 Å². The molecule has 2 aromatic carbocycles. The predicted molar refractivity (Wildman–Crippen MR) is 147 cm³/mol. The number of nitrogen functional groups attached to an aromatic ring is 1. The summed E-state index contributed by atoms with van der Waals surface area (Å²) in [4.78, 5) is 19.3. The molecule has 3 heterocycles. The lowest BCUT2D eigenvalue weighted by Crippen LogP contribution is -2.49. The van der Waals surface area contributed by atoms with Crippen molar-refractivity contribution < 1.29 is 27.4 Å². The van der Waals surface area contributed by atoms with Gasteiger partial charge in [0.1, 0.15) is 12.4 Å². The summed E-state index contributed by atoms with van der Waals surface area (Å²) in [7, 11) is 0. The number of nitrogens with one attached hydrogen (secondary N) is 1. The molecule has 3 aromatic rings. The number of hydrogen-bond donors (Lipinski definition) is 3. The lowest BCUT2D eigenvalue weighted by atomic mass is 9.99. The van der Waals surface area contributed by atoms with Crippen LogP contribution in [0.25, 0.3) is 22.0 Å². The number of anilines is 2. The van der Waals surface area contributed by atoms with Crippen molar-refractivity contribution in [2.75, 3.05) is 82.9 Å². The third-order valence-electron chi connectivity index (χ3n) is 7.51. The topological polar surface area (TPSA) is 126 Å². The van der Waals surface area contributed by atoms with Crippen LogP contribution in [0.1, 0.15) is 10.4 Å². The minimum Gasteiger partial charge on any atom is -0.481 e. The summed E-state index contributed by atoms with van der Waals surface area (Å²) in [6.45, 7) is 7.14. The molecular weight excluding hydrogens is 527 g/mol. The van der Waals surface area contributed by atoms with Crippen LogP contribution in [0.3, 0.4) is 0 Å². The molecule has 0 bridgehead atoms. The summed E-state index contributed by atoms with van der Waals surface area (Å²) in [6, 6.07) is 8.53. The normalized spacial score (nSPS) is 17.9. The first-order chi connectivity index (χ1) is 19.3. The predicted octanol–water partition coefficient (Wildman–Crippen LogP) is 2.35. The van der Waals surface area contributed by atoms with Crippen molar-refractivity contribution in [2.24, 2.45) is 5.73 Å². The summed E-state index contributed by atoms with van der Waals surface area (Å²) in [5.41, 5.74) is 14.5. The Balaban J connectivity index is 1.38. The van der Waals surface area contributed by atoms with Crippen molar-refractivity contribution >= 4 is 28.3 Å². The third kappa shape index (κ3) is 6.11. The van der Waals surface area contributed by atoms with Crippen LogP contribution < -0.4 is 21.1 Å². The van der Waals surface area contributed by atoms with E-state index in [1.54, 1.807) is 18.2 Å². The lowest BCUT2D eigenvalue weighted by molar-refractivity contribution is -0.000334. The van der Waals surface area contributed by atoms with Gasteiger partial charge in [0.05, 0.1) is 35.4 Å². The van der Waals surface area contributed by atoms with Crippen LogP contribution >= 0.6 is 0 Å². The molecule has 13 heteroatoms. The standard InChI is InChI=1S/C27H34F3N7O3/c28-16-23(25(29)30)40-22-15-18(13-20-24(22)26(31)34-33-20)17-1-2-19(27(32)38)21(14-17)37-7-5-35(6-8-37)3-4-36-9-11-39-12-10-36/h1-2,13-15,23,25H,3-12,16H2,(H2,32,38)(H3,31,33,34). The zero-order valence-corrected chi connectivity index (χ0v) is 22.1. The number of carbonyl (C=O) groups is 1. The Morgan fingerprint density at radius 3 is 2.38 bits per heavy atom. The number of H-pyrrole nitrogens is 1. The van der Waals surface area contributed by atoms with E-state index >= 15 is 0 Å². The Labute approximate surface area is 230 Å². The van der Waals surface area contributed by atoms with Gasteiger partial charge in [0.25, 0.3) is 12.3 Å². The Kier molecular flexibility index (Phi) is 8.62. The van der Waals surface area contributed by atoms with Gasteiger partial charge >= 0.3 is 0 Å². The van der Waals surface area contributed by atoms with E-state index < -0.39 is 25.1 Å². The van der Waals surface area contributed by atoms with E-state index in [-0.39, 0.29) is 11.6 Å². The van der Waals surface area contributed by atoms with Gasteiger partial charge in [0, 0.05) is 52.4 Å². The zero-order valence-electron chi connectivity index (χ0n) is 22.1. The van der Waals surface area contributed by atoms with Crippen LogP contribution in [0, 0.1) is 0 Å². The molecule has 0 saturated carbocycles. The monoisotopic (exact) mass is 561 g/mol. The molecule has 5 N–H and O–H groups in total. The number of carbonyl (C=O) groups excluding carboxylic acids is 1. The highest BCUT2D eigenvalue weighted by Crippen LogP contribution is 2.37. The highest BCUT2D eigenvalue weighted by Gasteiger charge is 2.26. The second-order valence-corrected chi connectivity index (χ2v) is 10.0. The van der Waals surface area contributed by atoms with Gasteiger partial charge in [0.2, 0.25) is 0 Å². The number of fused-ring (bicyclic) bond motifs is 1. The van der Waals surface area contributed by atoms with Crippen LogP contribution in [0.4, 0.5) is 24.7 Å². The lowest BCUT2D eigenvalue weighted by Gasteiger charge is -2.38. The molecule has 0 spiro atoms. The number of nitrogens with zero attached hydrogens (tertiary/aromatic N) is 4. The van der Waals surface area contributed by atoms with Crippen molar-refractivity contribution in [3.8, 4) is 16.9 Å². The van der Waals surface area contributed by atoms with Crippen LogP contribution in [-0.4, -0.2) is 111 Å².